The van der Waals surface area contributed by atoms with Gasteiger partial charge >= 0.3 is 0 Å². The Bertz CT molecular complexity index is 471. The highest BCUT2D eigenvalue weighted by Crippen LogP contribution is 2.13. The number of hydrogen-bond acceptors (Lipinski definition) is 3. The third kappa shape index (κ3) is 8.39. The van der Waals surface area contributed by atoms with E-state index in [1.165, 1.54) is 12.8 Å². The summed E-state index contributed by atoms with van der Waals surface area (Å²) in [4.78, 5) is 6.46. The summed E-state index contributed by atoms with van der Waals surface area (Å²) >= 11 is 0. The van der Waals surface area contributed by atoms with E-state index in [0.29, 0.717) is 12.5 Å². The second-order valence-corrected chi connectivity index (χ2v) is 5.83. The summed E-state index contributed by atoms with van der Waals surface area (Å²) in [6.07, 6.45) is 6.66. The maximum absolute atomic E-state index is 5.33. The molecule has 1 rings (SSSR count). The average molecular weight is 434 g/mol. The van der Waals surface area contributed by atoms with E-state index in [9.17, 15) is 0 Å². The molecule has 0 saturated heterocycles. The van der Waals surface area contributed by atoms with E-state index < -0.39 is 0 Å². The second kappa shape index (κ2) is 12.4. The third-order valence-corrected chi connectivity index (χ3v) is 3.56. The van der Waals surface area contributed by atoms with Crippen LogP contribution in [-0.2, 0) is 6.54 Å². The number of aliphatic imine (C=N–C) groups is 1. The molecule has 0 amide bonds. The van der Waals surface area contributed by atoms with E-state index in [1.54, 1.807) is 7.05 Å². The molecule has 0 aliphatic heterocycles. The molecule has 132 valence electrons. The Labute approximate surface area is 157 Å². The third-order valence-electron chi connectivity index (χ3n) is 3.56. The molecule has 23 heavy (non-hydrogen) atoms. The number of rotatable bonds is 9. The average Bonchev–Trinajstić information content (AvgIpc) is 2.97. The Kier molecular flexibility index (Phi) is 11.8. The zero-order valence-corrected chi connectivity index (χ0v) is 17.2. The Balaban J connectivity index is 0.00000484. The molecule has 0 spiro atoms. The van der Waals surface area contributed by atoms with Gasteiger partial charge in [0.2, 0.25) is 0 Å². The van der Waals surface area contributed by atoms with E-state index in [0.717, 1.165) is 36.8 Å². The van der Waals surface area contributed by atoms with Gasteiger partial charge in [-0.2, -0.15) is 0 Å². The molecule has 0 aromatic carbocycles. The van der Waals surface area contributed by atoms with Gasteiger partial charge in [0.05, 0.1) is 12.2 Å². The highest BCUT2D eigenvalue weighted by molar-refractivity contribution is 14.0. The number of nitrogens with zero attached hydrogens (tertiary/aromatic N) is 3. The van der Waals surface area contributed by atoms with Crippen molar-refractivity contribution in [1.82, 2.24) is 15.4 Å². The molecule has 6 heteroatoms. The van der Waals surface area contributed by atoms with E-state index in [2.05, 4.69) is 47.8 Å². The summed E-state index contributed by atoms with van der Waals surface area (Å²) in [5.41, 5.74) is 0.988. The predicted molar refractivity (Wildman–Crippen MR) is 108 cm³/mol. The second-order valence-electron chi connectivity index (χ2n) is 5.83. The molecular formula is C17H31IN4O. The minimum atomic E-state index is 0. The number of allylic oxidation sites excluding steroid dienone is 1. The first kappa shape index (κ1) is 21.9. The van der Waals surface area contributed by atoms with Crippen molar-refractivity contribution in [2.45, 2.75) is 52.0 Å². The number of guanidine groups is 1. The first-order valence-electron chi connectivity index (χ1n) is 8.06. The van der Waals surface area contributed by atoms with Gasteiger partial charge < -0.3 is 14.7 Å². The molecule has 0 aliphatic rings. The Morgan fingerprint density at radius 3 is 2.74 bits per heavy atom. The molecule has 5 nitrogen and oxygen atoms in total. The van der Waals surface area contributed by atoms with Crippen LogP contribution in [0, 0.1) is 0 Å². The van der Waals surface area contributed by atoms with Crippen molar-refractivity contribution in [2.75, 3.05) is 20.6 Å². The van der Waals surface area contributed by atoms with Crippen LogP contribution in [0.25, 0.3) is 0 Å². The van der Waals surface area contributed by atoms with Crippen molar-refractivity contribution < 1.29 is 4.52 Å². The summed E-state index contributed by atoms with van der Waals surface area (Å²) in [7, 11) is 3.86. The quantitative estimate of drug-likeness (QED) is 0.208. The van der Waals surface area contributed by atoms with Crippen LogP contribution >= 0.6 is 24.0 Å². The first-order chi connectivity index (χ1) is 10.6. The smallest absolute Gasteiger partial charge is 0.193 e. The summed E-state index contributed by atoms with van der Waals surface area (Å²) in [6.45, 7) is 9.55. The summed E-state index contributed by atoms with van der Waals surface area (Å²) < 4.78 is 5.33. The van der Waals surface area contributed by atoms with Crippen LogP contribution in [0.4, 0.5) is 0 Å². The van der Waals surface area contributed by atoms with Gasteiger partial charge in [-0.15, -0.1) is 30.6 Å². The molecule has 0 radical (unpaired) electrons. The Morgan fingerprint density at radius 2 is 2.17 bits per heavy atom. The van der Waals surface area contributed by atoms with Crippen LogP contribution in [0.15, 0.2) is 28.2 Å². The van der Waals surface area contributed by atoms with E-state index in [-0.39, 0.29) is 24.0 Å². The van der Waals surface area contributed by atoms with Crippen molar-refractivity contribution in [3.05, 3.63) is 30.2 Å². The fourth-order valence-electron chi connectivity index (χ4n) is 2.16. The molecule has 1 heterocycles. The van der Waals surface area contributed by atoms with Gasteiger partial charge in [0.1, 0.15) is 0 Å². The minimum Gasteiger partial charge on any atom is -0.359 e. The van der Waals surface area contributed by atoms with Gasteiger partial charge in [-0.25, -0.2) is 0 Å². The maximum Gasteiger partial charge on any atom is 0.193 e. The van der Waals surface area contributed by atoms with E-state index >= 15 is 0 Å². The zero-order chi connectivity index (χ0) is 16.4. The molecule has 1 N–H and O–H groups in total. The molecule has 0 fully saturated rings. The highest BCUT2D eigenvalue weighted by Gasteiger charge is 2.10. The summed E-state index contributed by atoms with van der Waals surface area (Å²) in [5.74, 6) is 2.10. The number of halogens is 1. The Hall–Kier alpha value is -1.05. The van der Waals surface area contributed by atoms with Crippen molar-refractivity contribution in [1.29, 1.82) is 0 Å². The van der Waals surface area contributed by atoms with Gasteiger partial charge in [0.15, 0.2) is 11.7 Å². The van der Waals surface area contributed by atoms with Gasteiger partial charge in [-0.05, 0) is 25.2 Å². The van der Waals surface area contributed by atoms with Crippen molar-refractivity contribution >= 4 is 29.9 Å². The largest absolute Gasteiger partial charge is 0.359 e. The monoisotopic (exact) mass is 434 g/mol. The molecule has 1 aromatic heterocycles. The van der Waals surface area contributed by atoms with E-state index in [1.807, 2.05) is 12.1 Å². The van der Waals surface area contributed by atoms with Gasteiger partial charge in [0.25, 0.3) is 0 Å². The van der Waals surface area contributed by atoms with Crippen LogP contribution in [-0.4, -0.2) is 36.7 Å². The standard InChI is InChI=1S/C17H30N4O.HI/c1-6-7-8-9-10-11-21(5)17(18-4)19-13-15-12-16(14(2)3)20-22-15;/h6,12,14H,1,7-11,13H2,2-5H3,(H,18,19);1H. The fraction of sp³-hybridized carbons (Fsp3) is 0.647. The van der Waals surface area contributed by atoms with Crippen LogP contribution in [0.2, 0.25) is 0 Å². The lowest BCUT2D eigenvalue weighted by Crippen LogP contribution is -2.38. The number of hydrogen-bond donors (Lipinski definition) is 1. The molecule has 0 aliphatic carbocycles. The highest BCUT2D eigenvalue weighted by atomic mass is 127. The minimum absolute atomic E-state index is 0. The maximum atomic E-state index is 5.33. The van der Waals surface area contributed by atoms with Crippen LogP contribution in [0.5, 0.6) is 0 Å². The lowest BCUT2D eigenvalue weighted by atomic mass is 10.1. The topological polar surface area (TPSA) is 53.7 Å². The first-order valence-corrected chi connectivity index (χ1v) is 8.06. The van der Waals surface area contributed by atoms with Crippen LogP contribution in [0.3, 0.4) is 0 Å². The van der Waals surface area contributed by atoms with Crippen molar-refractivity contribution in [3.63, 3.8) is 0 Å². The lowest BCUT2D eigenvalue weighted by molar-refractivity contribution is 0.368. The Morgan fingerprint density at radius 1 is 1.43 bits per heavy atom. The van der Waals surface area contributed by atoms with Crippen molar-refractivity contribution in [2.24, 2.45) is 4.99 Å². The zero-order valence-electron chi connectivity index (χ0n) is 14.8. The molecule has 0 atom stereocenters. The van der Waals surface area contributed by atoms with Gasteiger partial charge in [-0.1, -0.05) is 31.5 Å². The molecular weight excluding hydrogens is 403 g/mol. The van der Waals surface area contributed by atoms with Crippen molar-refractivity contribution in [3.8, 4) is 0 Å². The van der Waals surface area contributed by atoms with E-state index in [4.69, 9.17) is 4.52 Å². The number of aromatic nitrogens is 1. The summed E-state index contributed by atoms with van der Waals surface area (Å²) in [6, 6.07) is 2.00. The fourth-order valence-corrected chi connectivity index (χ4v) is 2.16. The lowest BCUT2D eigenvalue weighted by Gasteiger charge is -2.21. The van der Waals surface area contributed by atoms with Gasteiger partial charge in [0, 0.05) is 26.7 Å². The van der Waals surface area contributed by atoms with Crippen LogP contribution < -0.4 is 5.32 Å². The number of nitrogens with one attached hydrogen (secondary N) is 1. The predicted octanol–water partition coefficient (Wildman–Crippen LogP) is 4.17. The summed E-state index contributed by atoms with van der Waals surface area (Å²) in [5, 5.41) is 7.38. The molecule has 1 aromatic rings. The number of unbranched alkanes of at least 4 members (excludes halogenated alkanes) is 3. The van der Waals surface area contributed by atoms with Gasteiger partial charge in [-0.3, -0.25) is 4.99 Å². The molecule has 0 unspecified atom stereocenters. The van der Waals surface area contributed by atoms with Crippen LogP contribution in [0.1, 0.15) is 56.9 Å². The molecule has 0 bridgehead atoms. The normalized spacial score (nSPS) is 11.3. The molecule has 0 saturated carbocycles. The SMILES string of the molecule is C=CCCCCCN(C)C(=NC)NCc1cc(C(C)C)no1.I.